The SMILES string of the molecule is Cc1ccc(N2C(=O)CSC23C(=O)N(CN2CCC(C)CC2)c2ccccc23)cc1C. The third-order valence-corrected chi connectivity index (χ3v) is 8.42. The van der Waals surface area contributed by atoms with Gasteiger partial charge in [0, 0.05) is 24.3 Å². The van der Waals surface area contributed by atoms with Gasteiger partial charge in [0.25, 0.3) is 5.91 Å². The van der Waals surface area contributed by atoms with Crippen molar-refractivity contribution in [3.05, 3.63) is 59.2 Å². The van der Waals surface area contributed by atoms with Crippen molar-refractivity contribution in [1.29, 1.82) is 0 Å². The van der Waals surface area contributed by atoms with Crippen LogP contribution in [0.4, 0.5) is 11.4 Å². The van der Waals surface area contributed by atoms with E-state index in [1.807, 2.05) is 54.3 Å². The van der Waals surface area contributed by atoms with Crippen LogP contribution < -0.4 is 9.80 Å². The molecule has 2 fully saturated rings. The minimum absolute atomic E-state index is 0.00130. The zero-order valence-corrected chi connectivity index (χ0v) is 19.2. The van der Waals surface area contributed by atoms with Gasteiger partial charge in [-0.05, 0) is 61.9 Å². The van der Waals surface area contributed by atoms with Crippen LogP contribution in [0.2, 0.25) is 0 Å². The van der Waals surface area contributed by atoms with Gasteiger partial charge in [0.2, 0.25) is 10.8 Å². The predicted octanol–water partition coefficient (Wildman–Crippen LogP) is 4.27. The zero-order valence-electron chi connectivity index (χ0n) is 18.4. The maximum Gasteiger partial charge on any atom is 0.269 e. The first kappa shape index (κ1) is 20.6. The number of aryl methyl sites for hydroxylation is 2. The van der Waals surface area contributed by atoms with Crippen molar-refractivity contribution in [3.63, 3.8) is 0 Å². The van der Waals surface area contributed by atoms with E-state index in [-0.39, 0.29) is 11.8 Å². The van der Waals surface area contributed by atoms with Gasteiger partial charge >= 0.3 is 0 Å². The molecule has 31 heavy (non-hydrogen) atoms. The molecule has 0 N–H and O–H groups in total. The molecule has 3 aliphatic heterocycles. The lowest BCUT2D eigenvalue weighted by atomic mass is 10.00. The van der Waals surface area contributed by atoms with Crippen molar-refractivity contribution in [2.75, 3.05) is 35.3 Å². The van der Waals surface area contributed by atoms with Crippen LogP contribution in [0, 0.1) is 19.8 Å². The van der Waals surface area contributed by atoms with E-state index in [1.54, 1.807) is 4.90 Å². The normalized spacial score (nSPS) is 24.5. The fourth-order valence-electron chi connectivity index (χ4n) is 4.96. The summed E-state index contributed by atoms with van der Waals surface area (Å²) in [5.41, 5.74) is 4.96. The van der Waals surface area contributed by atoms with E-state index < -0.39 is 4.87 Å². The lowest BCUT2D eigenvalue weighted by Crippen LogP contribution is -2.52. The lowest BCUT2D eigenvalue weighted by molar-refractivity contribution is -0.124. The summed E-state index contributed by atoms with van der Waals surface area (Å²) in [6.45, 7) is 9.00. The molecule has 0 aromatic heterocycles. The van der Waals surface area contributed by atoms with Crippen molar-refractivity contribution in [1.82, 2.24) is 4.90 Å². The highest BCUT2D eigenvalue weighted by Crippen LogP contribution is 2.55. The van der Waals surface area contributed by atoms with Crippen molar-refractivity contribution in [3.8, 4) is 0 Å². The molecule has 0 saturated carbocycles. The van der Waals surface area contributed by atoms with E-state index in [0.717, 1.165) is 54.4 Å². The molecule has 0 bridgehead atoms. The van der Waals surface area contributed by atoms with E-state index in [4.69, 9.17) is 0 Å². The Kier molecular flexibility index (Phi) is 5.10. The second kappa shape index (κ2) is 7.68. The first-order valence-corrected chi connectivity index (χ1v) is 12.1. The van der Waals surface area contributed by atoms with Gasteiger partial charge in [0.15, 0.2) is 0 Å². The number of hydrogen-bond acceptors (Lipinski definition) is 4. The van der Waals surface area contributed by atoms with E-state index in [2.05, 4.69) is 18.7 Å². The van der Waals surface area contributed by atoms with Crippen LogP contribution in [0.1, 0.15) is 36.5 Å². The Morgan fingerprint density at radius 1 is 1.03 bits per heavy atom. The number of anilines is 2. The lowest BCUT2D eigenvalue weighted by Gasteiger charge is -2.36. The predicted molar refractivity (Wildman–Crippen MR) is 126 cm³/mol. The minimum Gasteiger partial charge on any atom is -0.295 e. The number of fused-ring (bicyclic) bond motifs is 2. The summed E-state index contributed by atoms with van der Waals surface area (Å²) in [5.74, 6) is 1.04. The highest BCUT2D eigenvalue weighted by atomic mass is 32.2. The maximum absolute atomic E-state index is 14.1. The van der Waals surface area contributed by atoms with Crippen LogP contribution in [-0.2, 0) is 14.5 Å². The quantitative estimate of drug-likeness (QED) is 0.722. The third kappa shape index (κ3) is 3.19. The van der Waals surface area contributed by atoms with Crippen molar-refractivity contribution in [2.24, 2.45) is 5.92 Å². The molecular weight excluding hydrogens is 406 g/mol. The number of likely N-dealkylation sites (tertiary alicyclic amines) is 1. The van der Waals surface area contributed by atoms with Gasteiger partial charge in [-0.25, -0.2) is 0 Å². The van der Waals surface area contributed by atoms with Gasteiger partial charge in [-0.15, -0.1) is 11.8 Å². The molecule has 5 nitrogen and oxygen atoms in total. The van der Waals surface area contributed by atoms with Crippen LogP contribution in [-0.4, -0.2) is 42.2 Å². The molecule has 0 aliphatic carbocycles. The van der Waals surface area contributed by atoms with Gasteiger partial charge in [0.1, 0.15) is 0 Å². The van der Waals surface area contributed by atoms with Gasteiger partial charge in [-0.3, -0.25) is 24.3 Å². The van der Waals surface area contributed by atoms with Crippen LogP contribution in [0.5, 0.6) is 0 Å². The molecule has 5 rings (SSSR count). The van der Waals surface area contributed by atoms with E-state index >= 15 is 0 Å². The Labute approximate surface area is 188 Å². The Hall–Kier alpha value is -2.31. The molecule has 1 unspecified atom stereocenters. The molecule has 162 valence electrons. The van der Waals surface area contributed by atoms with Crippen molar-refractivity contribution in [2.45, 2.75) is 38.5 Å². The van der Waals surface area contributed by atoms with Gasteiger partial charge in [0.05, 0.1) is 18.1 Å². The number of carbonyl (C=O) groups is 2. The molecule has 2 aromatic rings. The summed E-state index contributed by atoms with van der Waals surface area (Å²) in [6.07, 6.45) is 2.33. The number of para-hydroxylation sites is 1. The molecule has 3 heterocycles. The summed E-state index contributed by atoms with van der Waals surface area (Å²) in [6, 6.07) is 14.0. The summed E-state index contributed by atoms with van der Waals surface area (Å²) >= 11 is 1.46. The summed E-state index contributed by atoms with van der Waals surface area (Å²) in [4.78, 5) is 32.3. The molecule has 6 heteroatoms. The van der Waals surface area contributed by atoms with Crippen LogP contribution in [0.15, 0.2) is 42.5 Å². The standard InChI is InChI=1S/C25H29N3O2S/c1-17-10-12-26(13-11-17)16-27-22-7-5-4-6-21(22)25(24(27)30)28(23(29)15-31-25)20-9-8-18(2)19(3)14-20/h4-9,14,17H,10-13,15-16H2,1-3H3. The topological polar surface area (TPSA) is 43.9 Å². The zero-order chi connectivity index (χ0) is 21.8. The van der Waals surface area contributed by atoms with Crippen molar-refractivity contribution >= 4 is 35.0 Å². The molecule has 2 saturated heterocycles. The van der Waals surface area contributed by atoms with Crippen molar-refractivity contribution < 1.29 is 9.59 Å². The van der Waals surface area contributed by atoms with E-state index in [9.17, 15) is 9.59 Å². The fraction of sp³-hybridized carbons (Fsp3) is 0.440. The average Bonchev–Trinajstić information content (AvgIpc) is 3.23. The summed E-state index contributed by atoms with van der Waals surface area (Å²) in [7, 11) is 0. The minimum atomic E-state index is -1.02. The summed E-state index contributed by atoms with van der Waals surface area (Å²) in [5, 5.41) is 0. The molecule has 1 atom stereocenters. The first-order chi connectivity index (χ1) is 14.9. The second-order valence-electron chi connectivity index (χ2n) is 9.12. The molecule has 3 aliphatic rings. The van der Waals surface area contributed by atoms with Gasteiger partial charge in [-0.1, -0.05) is 31.2 Å². The maximum atomic E-state index is 14.1. The number of amides is 2. The number of hydrogen-bond donors (Lipinski definition) is 0. The highest BCUT2D eigenvalue weighted by molar-refractivity contribution is 8.02. The Balaban J connectivity index is 1.57. The number of benzene rings is 2. The Morgan fingerprint density at radius 3 is 2.52 bits per heavy atom. The number of nitrogens with zero attached hydrogens (tertiary/aromatic N) is 3. The molecule has 1 spiro atoms. The van der Waals surface area contributed by atoms with Gasteiger partial charge < -0.3 is 0 Å². The smallest absolute Gasteiger partial charge is 0.269 e. The average molecular weight is 436 g/mol. The number of thioether (sulfide) groups is 1. The highest BCUT2D eigenvalue weighted by Gasteiger charge is 2.61. The molecule has 2 aromatic carbocycles. The number of carbonyl (C=O) groups excluding carboxylic acids is 2. The first-order valence-electron chi connectivity index (χ1n) is 11.1. The number of piperidine rings is 1. The second-order valence-corrected chi connectivity index (χ2v) is 10.3. The molecule has 0 radical (unpaired) electrons. The molecular formula is C25H29N3O2S. The summed E-state index contributed by atoms with van der Waals surface area (Å²) < 4.78 is 0. The monoisotopic (exact) mass is 435 g/mol. The van der Waals surface area contributed by atoms with Crippen LogP contribution >= 0.6 is 11.8 Å². The van der Waals surface area contributed by atoms with E-state index in [0.29, 0.717) is 12.4 Å². The van der Waals surface area contributed by atoms with Gasteiger partial charge in [-0.2, -0.15) is 0 Å². The third-order valence-electron chi connectivity index (χ3n) is 7.03. The molecule has 2 amide bonds. The van der Waals surface area contributed by atoms with E-state index in [1.165, 1.54) is 17.3 Å². The largest absolute Gasteiger partial charge is 0.295 e. The Morgan fingerprint density at radius 2 is 1.77 bits per heavy atom. The Bertz CT molecular complexity index is 1050. The fourth-order valence-corrected chi connectivity index (χ4v) is 6.32. The van der Waals surface area contributed by atoms with Crippen LogP contribution in [0.3, 0.4) is 0 Å². The van der Waals surface area contributed by atoms with Crippen LogP contribution in [0.25, 0.3) is 0 Å². The number of rotatable bonds is 3.